The quantitative estimate of drug-likeness (QED) is 0.660. The van der Waals surface area contributed by atoms with Crippen LogP contribution in [0.15, 0.2) is 66.9 Å². The van der Waals surface area contributed by atoms with Crippen LogP contribution >= 0.6 is 0 Å². The van der Waals surface area contributed by atoms with Gasteiger partial charge in [-0.25, -0.2) is 4.98 Å². The average Bonchev–Trinajstić information content (AvgIpc) is 2.69. The number of carbonyl (C=O) groups excluding carboxylic acids is 1. The van der Waals surface area contributed by atoms with Gasteiger partial charge in [-0.05, 0) is 49.2 Å². The molecule has 2 N–H and O–H groups in total. The normalized spacial score (nSPS) is 11.5. The second kappa shape index (κ2) is 8.36. The number of carbonyl (C=O) groups is 1. The number of aromatic nitrogens is 1. The van der Waals surface area contributed by atoms with E-state index < -0.39 is 0 Å². The number of methoxy groups -OCH3 is 1. The standard InChI is InChI=1S/C22H23N3O2/c1-15-9-11-20(27-3)19(13-15)25-22(26)18-10-12-21(23-14-18)24-16(2)17-7-5-4-6-8-17/h4-14,16H,1-3H3,(H,23,24)(H,25,26). The van der Waals surface area contributed by atoms with Crippen molar-refractivity contribution in [3.05, 3.63) is 83.6 Å². The van der Waals surface area contributed by atoms with E-state index in [0.717, 1.165) is 11.4 Å². The van der Waals surface area contributed by atoms with E-state index in [1.165, 1.54) is 5.56 Å². The van der Waals surface area contributed by atoms with Crippen molar-refractivity contribution in [2.45, 2.75) is 19.9 Å². The molecule has 0 radical (unpaired) electrons. The molecule has 5 nitrogen and oxygen atoms in total. The van der Waals surface area contributed by atoms with Crippen LogP contribution in [0.3, 0.4) is 0 Å². The number of amides is 1. The van der Waals surface area contributed by atoms with E-state index >= 15 is 0 Å². The van der Waals surface area contributed by atoms with E-state index in [4.69, 9.17) is 4.74 Å². The lowest BCUT2D eigenvalue weighted by Gasteiger charge is -2.15. The summed E-state index contributed by atoms with van der Waals surface area (Å²) in [6.45, 7) is 4.03. The summed E-state index contributed by atoms with van der Waals surface area (Å²) in [6.07, 6.45) is 1.57. The first kappa shape index (κ1) is 18.5. The number of anilines is 2. The van der Waals surface area contributed by atoms with Gasteiger partial charge in [-0.1, -0.05) is 36.4 Å². The molecule has 138 valence electrons. The number of aryl methyl sites for hydroxylation is 1. The number of hydrogen-bond acceptors (Lipinski definition) is 4. The highest BCUT2D eigenvalue weighted by Crippen LogP contribution is 2.26. The molecule has 5 heteroatoms. The van der Waals surface area contributed by atoms with E-state index in [9.17, 15) is 4.79 Å². The molecule has 3 rings (SSSR count). The Balaban J connectivity index is 1.68. The molecule has 0 bridgehead atoms. The Morgan fingerprint density at radius 3 is 2.52 bits per heavy atom. The third-order valence-corrected chi connectivity index (χ3v) is 4.29. The summed E-state index contributed by atoms with van der Waals surface area (Å²) in [6, 6.07) is 19.5. The van der Waals surface area contributed by atoms with Crippen LogP contribution < -0.4 is 15.4 Å². The van der Waals surface area contributed by atoms with Crippen molar-refractivity contribution in [3.8, 4) is 5.75 Å². The summed E-state index contributed by atoms with van der Waals surface area (Å²) < 4.78 is 5.30. The number of nitrogens with one attached hydrogen (secondary N) is 2. The largest absolute Gasteiger partial charge is 0.495 e. The second-order valence-corrected chi connectivity index (χ2v) is 6.37. The van der Waals surface area contributed by atoms with E-state index in [1.807, 2.05) is 49.4 Å². The van der Waals surface area contributed by atoms with Gasteiger partial charge < -0.3 is 15.4 Å². The van der Waals surface area contributed by atoms with E-state index in [0.29, 0.717) is 17.0 Å². The maximum absolute atomic E-state index is 12.5. The molecule has 0 saturated carbocycles. The topological polar surface area (TPSA) is 63.2 Å². The SMILES string of the molecule is COc1ccc(C)cc1NC(=O)c1ccc(NC(C)c2ccccc2)nc1. The number of hydrogen-bond donors (Lipinski definition) is 2. The fraction of sp³-hybridized carbons (Fsp3) is 0.182. The molecule has 2 aromatic carbocycles. The molecule has 0 fully saturated rings. The molecular formula is C22H23N3O2. The third kappa shape index (κ3) is 4.64. The van der Waals surface area contributed by atoms with Crippen molar-refractivity contribution in [2.24, 2.45) is 0 Å². The van der Waals surface area contributed by atoms with Crippen molar-refractivity contribution < 1.29 is 9.53 Å². The van der Waals surface area contributed by atoms with Crippen molar-refractivity contribution in [2.75, 3.05) is 17.7 Å². The molecule has 0 aliphatic rings. The molecule has 0 spiro atoms. The van der Waals surface area contributed by atoms with Crippen molar-refractivity contribution in [1.29, 1.82) is 0 Å². The number of nitrogens with zero attached hydrogens (tertiary/aromatic N) is 1. The summed E-state index contributed by atoms with van der Waals surface area (Å²) in [4.78, 5) is 16.9. The van der Waals surface area contributed by atoms with Crippen LogP contribution in [0.2, 0.25) is 0 Å². The van der Waals surface area contributed by atoms with Crippen LogP contribution in [0.25, 0.3) is 0 Å². The zero-order valence-corrected chi connectivity index (χ0v) is 15.7. The van der Waals surface area contributed by atoms with Crippen molar-refractivity contribution in [3.63, 3.8) is 0 Å². The summed E-state index contributed by atoms with van der Waals surface area (Å²) in [7, 11) is 1.58. The lowest BCUT2D eigenvalue weighted by atomic mass is 10.1. The monoisotopic (exact) mass is 361 g/mol. The Morgan fingerprint density at radius 1 is 1.07 bits per heavy atom. The summed E-state index contributed by atoms with van der Waals surface area (Å²) in [5, 5.41) is 6.22. The zero-order valence-electron chi connectivity index (χ0n) is 15.7. The molecular weight excluding hydrogens is 338 g/mol. The van der Waals surface area contributed by atoms with Crippen LogP contribution in [-0.2, 0) is 0 Å². The molecule has 1 aromatic heterocycles. The first-order valence-electron chi connectivity index (χ1n) is 8.80. The second-order valence-electron chi connectivity index (χ2n) is 6.37. The molecule has 0 aliphatic heterocycles. The van der Waals surface area contributed by atoms with Gasteiger partial charge in [-0.15, -0.1) is 0 Å². The van der Waals surface area contributed by atoms with Gasteiger partial charge in [0.25, 0.3) is 5.91 Å². The average molecular weight is 361 g/mol. The maximum atomic E-state index is 12.5. The lowest BCUT2D eigenvalue weighted by molar-refractivity contribution is 0.102. The third-order valence-electron chi connectivity index (χ3n) is 4.29. The molecule has 0 saturated heterocycles. The van der Waals surface area contributed by atoms with Gasteiger partial charge in [-0.3, -0.25) is 4.79 Å². The number of ether oxygens (including phenoxy) is 1. The van der Waals surface area contributed by atoms with Crippen LogP contribution in [-0.4, -0.2) is 18.0 Å². The zero-order chi connectivity index (χ0) is 19.2. The first-order chi connectivity index (χ1) is 13.1. The lowest BCUT2D eigenvalue weighted by Crippen LogP contribution is -2.14. The fourth-order valence-corrected chi connectivity index (χ4v) is 2.77. The minimum absolute atomic E-state index is 0.120. The van der Waals surface area contributed by atoms with E-state index in [-0.39, 0.29) is 11.9 Å². The fourth-order valence-electron chi connectivity index (χ4n) is 2.77. The number of rotatable bonds is 6. The Morgan fingerprint density at radius 2 is 1.85 bits per heavy atom. The van der Waals surface area contributed by atoms with Crippen molar-refractivity contribution >= 4 is 17.4 Å². The Kier molecular flexibility index (Phi) is 5.71. The molecule has 3 aromatic rings. The van der Waals surface area contributed by atoms with Gasteiger partial charge in [0.1, 0.15) is 11.6 Å². The summed E-state index contributed by atoms with van der Waals surface area (Å²) >= 11 is 0. The highest BCUT2D eigenvalue weighted by molar-refractivity contribution is 6.05. The van der Waals surface area contributed by atoms with Gasteiger partial charge in [0, 0.05) is 12.2 Å². The highest BCUT2D eigenvalue weighted by Gasteiger charge is 2.11. The van der Waals surface area contributed by atoms with Crippen LogP contribution in [0, 0.1) is 6.92 Å². The van der Waals surface area contributed by atoms with Gasteiger partial charge in [0.05, 0.1) is 18.4 Å². The Hall–Kier alpha value is -3.34. The molecule has 1 heterocycles. The summed E-state index contributed by atoms with van der Waals surface area (Å²) in [5.74, 6) is 1.11. The predicted molar refractivity (Wildman–Crippen MR) is 108 cm³/mol. The Labute approximate surface area is 159 Å². The molecule has 1 unspecified atom stereocenters. The van der Waals surface area contributed by atoms with Crippen LogP contribution in [0.1, 0.15) is 34.5 Å². The first-order valence-corrected chi connectivity index (χ1v) is 8.80. The molecule has 1 atom stereocenters. The van der Waals surface area contributed by atoms with E-state index in [2.05, 4.69) is 34.7 Å². The smallest absolute Gasteiger partial charge is 0.257 e. The number of benzene rings is 2. The number of pyridine rings is 1. The van der Waals surface area contributed by atoms with Crippen molar-refractivity contribution in [1.82, 2.24) is 4.98 Å². The Bertz CT molecular complexity index is 909. The maximum Gasteiger partial charge on any atom is 0.257 e. The van der Waals surface area contributed by atoms with Gasteiger partial charge in [0.2, 0.25) is 0 Å². The van der Waals surface area contributed by atoms with Crippen LogP contribution in [0.4, 0.5) is 11.5 Å². The minimum atomic E-state index is -0.228. The summed E-state index contributed by atoms with van der Waals surface area (Å²) in [5.41, 5.74) is 3.34. The molecule has 0 aliphatic carbocycles. The van der Waals surface area contributed by atoms with Gasteiger partial charge in [-0.2, -0.15) is 0 Å². The van der Waals surface area contributed by atoms with E-state index in [1.54, 1.807) is 19.4 Å². The molecule has 27 heavy (non-hydrogen) atoms. The predicted octanol–water partition coefficient (Wildman–Crippen LogP) is 4.82. The van der Waals surface area contributed by atoms with Crippen LogP contribution in [0.5, 0.6) is 5.75 Å². The van der Waals surface area contributed by atoms with Gasteiger partial charge >= 0.3 is 0 Å². The molecule has 1 amide bonds. The highest BCUT2D eigenvalue weighted by atomic mass is 16.5. The van der Waals surface area contributed by atoms with Gasteiger partial charge in [0.15, 0.2) is 0 Å². The minimum Gasteiger partial charge on any atom is -0.495 e.